The number of amides is 2. The molecule has 150 valence electrons. The minimum Gasteiger partial charge on any atom is -0.332 e. The summed E-state index contributed by atoms with van der Waals surface area (Å²) >= 11 is 1.72. The molecular formula is C23H30N2O2S. The summed E-state index contributed by atoms with van der Waals surface area (Å²) in [5, 5.41) is 0. The molecule has 2 aromatic rings. The Morgan fingerprint density at radius 2 is 1.75 bits per heavy atom. The maximum absolute atomic E-state index is 13.2. The third-order valence-electron chi connectivity index (χ3n) is 4.91. The van der Waals surface area contributed by atoms with E-state index in [9.17, 15) is 9.59 Å². The van der Waals surface area contributed by atoms with Crippen LogP contribution in [0.5, 0.6) is 0 Å². The van der Waals surface area contributed by atoms with Gasteiger partial charge in [-0.05, 0) is 43.4 Å². The van der Waals surface area contributed by atoms with E-state index in [1.165, 1.54) is 9.75 Å². The second-order valence-electron chi connectivity index (χ2n) is 8.10. The summed E-state index contributed by atoms with van der Waals surface area (Å²) in [6, 6.07) is 14.5. The van der Waals surface area contributed by atoms with Crippen molar-refractivity contribution >= 4 is 23.2 Å². The average Bonchev–Trinajstić information content (AvgIpc) is 3.41. The summed E-state index contributed by atoms with van der Waals surface area (Å²) in [6.07, 6.45) is 2.53. The number of hydrogen-bond donors (Lipinski definition) is 0. The molecule has 2 amide bonds. The maximum Gasteiger partial charge on any atom is 0.242 e. The van der Waals surface area contributed by atoms with Gasteiger partial charge in [0.1, 0.15) is 6.54 Å². The summed E-state index contributed by atoms with van der Waals surface area (Å²) < 4.78 is 0. The first-order chi connectivity index (χ1) is 13.4. The van der Waals surface area contributed by atoms with Gasteiger partial charge in [0, 0.05) is 28.8 Å². The van der Waals surface area contributed by atoms with Gasteiger partial charge in [0.05, 0.1) is 6.54 Å². The highest BCUT2D eigenvalue weighted by Gasteiger charge is 2.34. The molecule has 0 unspecified atom stereocenters. The molecule has 3 rings (SSSR count). The van der Waals surface area contributed by atoms with E-state index in [0.717, 1.165) is 18.4 Å². The van der Waals surface area contributed by atoms with E-state index in [0.29, 0.717) is 25.4 Å². The lowest BCUT2D eigenvalue weighted by Crippen LogP contribution is -2.43. The summed E-state index contributed by atoms with van der Waals surface area (Å²) in [5.41, 5.74) is 1.11. The van der Waals surface area contributed by atoms with Gasteiger partial charge < -0.3 is 9.80 Å². The number of hydrogen-bond acceptors (Lipinski definition) is 3. The summed E-state index contributed by atoms with van der Waals surface area (Å²) in [6.45, 7) is 7.51. The predicted octanol–water partition coefficient (Wildman–Crippen LogP) is 4.62. The topological polar surface area (TPSA) is 40.6 Å². The Morgan fingerprint density at radius 1 is 1.04 bits per heavy atom. The van der Waals surface area contributed by atoms with Crippen molar-refractivity contribution in [1.29, 1.82) is 0 Å². The molecular weight excluding hydrogens is 368 g/mol. The molecule has 1 aliphatic carbocycles. The number of nitrogens with zero attached hydrogens (tertiary/aromatic N) is 2. The fourth-order valence-corrected chi connectivity index (χ4v) is 4.22. The Labute approximate surface area is 172 Å². The first-order valence-corrected chi connectivity index (χ1v) is 10.9. The van der Waals surface area contributed by atoms with Gasteiger partial charge in [-0.1, -0.05) is 44.2 Å². The molecule has 0 radical (unpaired) electrons. The Balaban J connectivity index is 1.73. The number of thiophene rings is 1. The van der Waals surface area contributed by atoms with Crippen molar-refractivity contribution in [3.63, 3.8) is 0 Å². The van der Waals surface area contributed by atoms with Crippen LogP contribution in [-0.4, -0.2) is 34.2 Å². The smallest absolute Gasteiger partial charge is 0.242 e. The van der Waals surface area contributed by atoms with E-state index in [-0.39, 0.29) is 24.4 Å². The molecule has 0 N–H and O–H groups in total. The number of carbonyl (C=O) groups is 2. The van der Waals surface area contributed by atoms with Gasteiger partial charge in [0.25, 0.3) is 0 Å². The summed E-state index contributed by atoms with van der Waals surface area (Å²) in [5.74, 6) is 0.440. The van der Waals surface area contributed by atoms with E-state index in [4.69, 9.17) is 0 Å². The predicted molar refractivity (Wildman–Crippen MR) is 114 cm³/mol. The first kappa shape index (κ1) is 20.6. The largest absolute Gasteiger partial charge is 0.332 e. The molecule has 1 heterocycles. The Morgan fingerprint density at radius 3 is 2.32 bits per heavy atom. The van der Waals surface area contributed by atoms with E-state index in [2.05, 4.69) is 19.1 Å². The Bertz CT molecular complexity index is 796. The maximum atomic E-state index is 13.2. The zero-order valence-corrected chi connectivity index (χ0v) is 17.9. The quantitative estimate of drug-likeness (QED) is 0.618. The number of rotatable bonds is 9. The van der Waals surface area contributed by atoms with Crippen LogP contribution in [0.15, 0.2) is 42.5 Å². The first-order valence-electron chi connectivity index (χ1n) is 10.1. The summed E-state index contributed by atoms with van der Waals surface area (Å²) in [7, 11) is 0. The molecule has 1 aromatic carbocycles. The molecule has 0 spiro atoms. The van der Waals surface area contributed by atoms with Gasteiger partial charge in [0.2, 0.25) is 11.8 Å². The van der Waals surface area contributed by atoms with Gasteiger partial charge >= 0.3 is 0 Å². The average molecular weight is 399 g/mol. The Kier molecular flexibility index (Phi) is 6.89. The van der Waals surface area contributed by atoms with Crippen LogP contribution in [0.2, 0.25) is 0 Å². The molecule has 0 bridgehead atoms. The van der Waals surface area contributed by atoms with Crippen LogP contribution in [0.4, 0.5) is 0 Å². The van der Waals surface area contributed by atoms with E-state index in [1.54, 1.807) is 11.3 Å². The van der Waals surface area contributed by atoms with Crippen LogP contribution in [0.25, 0.3) is 0 Å². The monoisotopic (exact) mass is 398 g/mol. The fraction of sp³-hybridized carbons (Fsp3) is 0.478. The van der Waals surface area contributed by atoms with Gasteiger partial charge in [-0.3, -0.25) is 9.59 Å². The molecule has 0 saturated heterocycles. The number of benzene rings is 1. The SMILES string of the molecule is Cc1ccc(CN(Cc2ccccc2)C(=O)CN(C(=O)CC(C)C)C2CC2)s1. The summed E-state index contributed by atoms with van der Waals surface area (Å²) in [4.78, 5) is 32.0. The minimum atomic E-state index is 0.0268. The van der Waals surface area contributed by atoms with Gasteiger partial charge in [-0.2, -0.15) is 0 Å². The third-order valence-corrected chi connectivity index (χ3v) is 5.89. The second kappa shape index (κ2) is 9.37. The molecule has 0 aliphatic heterocycles. The van der Waals surface area contributed by atoms with Crippen LogP contribution in [0.1, 0.15) is 48.4 Å². The normalized spacial score (nSPS) is 13.6. The molecule has 1 fully saturated rings. The minimum absolute atomic E-state index is 0.0268. The zero-order valence-electron chi connectivity index (χ0n) is 17.1. The second-order valence-corrected chi connectivity index (χ2v) is 9.47. The third kappa shape index (κ3) is 5.93. The lowest BCUT2D eigenvalue weighted by molar-refractivity contribution is -0.142. The molecule has 1 saturated carbocycles. The highest BCUT2D eigenvalue weighted by molar-refractivity contribution is 7.11. The van der Waals surface area contributed by atoms with Crippen LogP contribution in [0, 0.1) is 12.8 Å². The number of aryl methyl sites for hydroxylation is 1. The van der Waals surface area contributed by atoms with Gasteiger partial charge in [-0.15, -0.1) is 11.3 Å². The lowest BCUT2D eigenvalue weighted by Gasteiger charge is -2.28. The van der Waals surface area contributed by atoms with Crippen molar-refractivity contribution in [3.05, 3.63) is 57.8 Å². The molecule has 4 nitrogen and oxygen atoms in total. The van der Waals surface area contributed by atoms with Crippen molar-refractivity contribution < 1.29 is 9.59 Å². The Hall–Kier alpha value is -2.14. The molecule has 1 aliphatic rings. The van der Waals surface area contributed by atoms with Gasteiger partial charge in [0.15, 0.2) is 0 Å². The van der Waals surface area contributed by atoms with E-state index >= 15 is 0 Å². The lowest BCUT2D eigenvalue weighted by atomic mass is 10.1. The van der Waals surface area contributed by atoms with Gasteiger partial charge in [-0.25, -0.2) is 0 Å². The van der Waals surface area contributed by atoms with E-state index < -0.39 is 0 Å². The van der Waals surface area contributed by atoms with Crippen molar-refractivity contribution in [3.8, 4) is 0 Å². The van der Waals surface area contributed by atoms with E-state index in [1.807, 2.05) is 54.0 Å². The van der Waals surface area contributed by atoms with Crippen molar-refractivity contribution in [2.24, 2.45) is 5.92 Å². The standard InChI is InChI=1S/C23H30N2O2S/c1-17(2)13-22(26)25(20-10-11-20)16-23(27)24(14-19-7-5-4-6-8-19)15-21-12-9-18(3)28-21/h4-9,12,17,20H,10-11,13-16H2,1-3H3. The molecule has 1 aromatic heterocycles. The zero-order chi connectivity index (χ0) is 20.1. The molecule has 5 heteroatoms. The molecule has 28 heavy (non-hydrogen) atoms. The van der Waals surface area contributed by atoms with Crippen LogP contribution < -0.4 is 0 Å². The van der Waals surface area contributed by atoms with Crippen molar-refractivity contribution in [2.45, 2.75) is 59.2 Å². The highest BCUT2D eigenvalue weighted by atomic mass is 32.1. The molecule has 0 atom stereocenters. The van der Waals surface area contributed by atoms with Crippen molar-refractivity contribution in [1.82, 2.24) is 9.80 Å². The highest BCUT2D eigenvalue weighted by Crippen LogP contribution is 2.28. The number of carbonyl (C=O) groups excluding carboxylic acids is 2. The fourth-order valence-electron chi connectivity index (χ4n) is 3.31. The van der Waals surface area contributed by atoms with Crippen molar-refractivity contribution in [2.75, 3.05) is 6.54 Å². The van der Waals surface area contributed by atoms with Crippen LogP contribution in [-0.2, 0) is 22.7 Å². The van der Waals surface area contributed by atoms with Crippen LogP contribution >= 0.6 is 11.3 Å². The van der Waals surface area contributed by atoms with Crippen LogP contribution in [0.3, 0.4) is 0 Å².